The minimum atomic E-state index is -0.526. The lowest BCUT2D eigenvalue weighted by Crippen LogP contribution is -2.27. The van der Waals surface area contributed by atoms with Crippen LogP contribution in [0.15, 0.2) is 34.9 Å². The molecule has 0 spiro atoms. The summed E-state index contributed by atoms with van der Waals surface area (Å²) in [6.07, 6.45) is -0.492. The number of hydrogen-bond acceptors (Lipinski definition) is 5. The summed E-state index contributed by atoms with van der Waals surface area (Å²) in [4.78, 5) is 11.6. The molecule has 0 atom stereocenters. The van der Waals surface area contributed by atoms with Gasteiger partial charge in [-0.1, -0.05) is 5.16 Å². The molecule has 0 aliphatic heterocycles. The maximum atomic E-state index is 11.6. The zero-order valence-electron chi connectivity index (χ0n) is 11.6. The number of nitrogens with zero attached hydrogens (tertiary/aromatic N) is 1. The molecule has 0 radical (unpaired) electrons. The Balaban J connectivity index is 2.03. The largest absolute Gasteiger partial charge is 0.444 e. The van der Waals surface area contributed by atoms with E-state index in [9.17, 15) is 4.79 Å². The number of carbonyl (C=O) groups is 1. The Kier molecular flexibility index (Phi) is 3.65. The smallest absolute Gasteiger partial charge is 0.412 e. The van der Waals surface area contributed by atoms with Crippen molar-refractivity contribution >= 4 is 17.6 Å². The molecule has 0 aliphatic rings. The fourth-order valence-electron chi connectivity index (χ4n) is 1.56. The zero-order valence-corrected chi connectivity index (χ0v) is 11.6. The van der Waals surface area contributed by atoms with Crippen LogP contribution < -0.4 is 11.1 Å². The second-order valence-electron chi connectivity index (χ2n) is 5.32. The van der Waals surface area contributed by atoms with E-state index >= 15 is 0 Å². The summed E-state index contributed by atoms with van der Waals surface area (Å²) in [6.45, 7) is 5.43. The van der Waals surface area contributed by atoms with Crippen molar-refractivity contribution in [1.29, 1.82) is 0 Å². The van der Waals surface area contributed by atoms with Crippen LogP contribution in [0.25, 0.3) is 11.3 Å². The third-order valence-electron chi connectivity index (χ3n) is 2.34. The Morgan fingerprint density at radius 1 is 1.30 bits per heavy atom. The summed E-state index contributed by atoms with van der Waals surface area (Å²) < 4.78 is 10.2. The van der Waals surface area contributed by atoms with Crippen molar-refractivity contribution < 1.29 is 14.1 Å². The standard InChI is InChI=1S/C14H17N3O3/c1-14(2,3)19-13(18)16-10-6-4-9(5-7-10)11-8-12(15)17-20-11/h4-8H,1-3H3,(H2,15,17)(H,16,18). The number of anilines is 2. The molecule has 0 bridgehead atoms. The van der Waals surface area contributed by atoms with Gasteiger partial charge in [-0.2, -0.15) is 0 Å². The van der Waals surface area contributed by atoms with Gasteiger partial charge in [0.2, 0.25) is 0 Å². The average molecular weight is 275 g/mol. The van der Waals surface area contributed by atoms with E-state index < -0.39 is 11.7 Å². The van der Waals surface area contributed by atoms with Gasteiger partial charge >= 0.3 is 6.09 Å². The molecule has 1 heterocycles. The molecule has 1 amide bonds. The van der Waals surface area contributed by atoms with Gasteiger partial charge in [0.05, 0.1) is 0 Å². The Hall–Kier alpha value is -2.50. The minimum absolute atomic E-state index is 0.330. The Morgan fingerprint density at radius 3 is 2.45 bits per heavy atom. The van der Waals surface area contributed by atoms with Gasteiger partial charge in [-0.25, -0.2) is 4.79 Å². The summed E-state index contributed by atoms with van der Waals surface area (Å²) in [5.41, 5.74) is 6.42. The van der Waals surface area contributed by atoms with E-state index in [1.54, 1.807) is 30.3 Å². The first-order valence-electron chi connectivity index (χ1n) is 6.16. The third kappa shape index (κ3) is 3.74. The molecule has 6 nitrogen and oxygen atoms in total. The van der Waals surface area contributed by atoms with Crippen LogP contribution in [-0.2, 0) is 4.74 Å². The lowest BCUT2D eigenvalue weighted by molar-refractivity contribution is 0.0636. The molecule has 1 aromatic carbocycles. The van der Waals surface area contributed by atoms with Crippen LogP contribution in [-0.4, -0.2) is 16.9 Å². The van der Waals surface area contributed by atoms with E-state index in [4.69, 9.17) is 15.0 Å². The molecular weight excluding hydrogens is 258 g/mol. The van der Waals surface area contributed by atoms with Crippen LogP contribution >= 0.6 is 0 Å². The van der Waals surface area contributed by atoms with Crippen molar-refractivity contribution in [3.05, 3.63) is 30.3 Å². The van der Waals surface area contributed by atoms with Crippen LogP contribution in [0.3, 0.4) is 0 Å². The van der Waals surface area contributed by atoms with E-state index in [2.05, 4.69) is 10.5 Å². The van der Waals surface area contributed by atoms with E-state index in [1.165, 1.54) is 0 Å². The summed E-state index contributed by atoms with van der Waals surface area (Å²) >= 11 is 0. The first-order chi connectivity index (χ1) is 9.33. The fourth-order valence-corrected chi connectivity index (χ4v) is 1.56. The second-order valence-corrected chi connectivity index (χ2v) is 5.32. The highest BCUT2D eigenvalue weighted by Crippen LogP contribution is 2.23. The molecule has 20 heavy (non-hydrogen) atoms. The normalized spacial score (nSPS) is 11.2. The van der Waals surface area contributed by atoms with Gasteiger partial charge < -0.3 is 15.0 Å². The van der Waals surface area contributed by atoms with Crippen LogP contribution in [0.1, 0.15) is 20.8 Å². The highest BCUT2D eigenvalue weighted by atomic mass is 16.6. The number of benzene rings is 1. The summed E-state index contributed by atoms with van der Waals surface area (Å²) in [6, 6.07) is 8.73. The number of aromatic nitrogens is 1. The molecule has 0 saturated carbocycles. The Bertz CT molecular complexity index is 597. The number of amides is 1. The van der Waals surface area contributed by atoms with Crippen molar-refractivity contribution in [2.45, 2.75) is 26.4 Å². The Morgan fingerprint density at radius 2 is 1.95 bits per heavy atom. The second kappa shape index (κ2) is 5.24. The van der Waals surface area contributed by atoms with Gasteiger partial charge in [0.25, 0.3) is 0 Å². The highest BCUT2D eigenvalue weighted by Gasteiger charge is 2.16. The molecule has 3 N–H and O–H groups in total. The molecule has 0 unspecified atom stereocenters. The van der Waals surface area contributed by atoms with Crippen molar-refractivity contribution in [2.75, 3.05) is 11.1 Å². The predicted octanol–water partition coefficient (Wildman–Crippen LogP) is 3.27. The van der Waals surface area contributed by atoms with Gasteiger partial charge in [0.1, 0.15) is 5.60 Å². The fraction of sp³-hybridized carbons (Fsp3) is 0.286. The zero-order chi connectivity index (χ0) is 14.8. The summed E-state index contributed by atoms with van der Waals surface area (Å²) in [7, 11) is 0. The maximum Gasteiger partial charge on any atom is 0.412 e. The number of nitrogens with two attached hydrogens (primary N) is 1. The van der Waals surface area contributed by atoms with Crippen LogP contribution in [0.2, 0.25) is 0 Å². The lowest BCUT2D eigenvalue weighted by atomic mass is 10.1. The molecule has 106 valence electrons. The molecule has 1 aromatic heterocycles. The van der Waals surface area contributed by atoms with E-state index in [0.717, 1.165) is 5.56 Å². The van der Waals surface area contributed by atoms with E-state index in [0.29, 0.717) is 17.3 Å². The molecule has 6 heteroatoms. The van der Waals surface area contributed by atoms with Gasteiger partial charge in [-0.05, 0) is 45.0 Å². The summed E-state index contributed by atoms with van der Waals surface area (Å²) in [5, 5.41) is 6.27. The van der Waals surface area contributed by atoms with Gasteiger partial charge in [-0.15, -0.1) is 0 Å². The number of rotatable bonds is 2. The monoisotopic (exact) mass is 275 g/mol. The van der Waals surface area contributed by atoms with Gasteiger partial charge in [-0.3, -0.25) is 5.32 Å². The molecule has 2 rings (SSSR count). The Labute approximate surface area is 116 Å². The van der Waals surface area contributed by atoms with Gasteiger partial charge in [0, 0.05) is 17.3 Å². The quantitative estimate of drug-likeness (QED) is 0.877. The number of hydrogen-bond donors (Lipinski definition) is 2. The first kappa shape index (κ1) is 13.9. The van der Waals surface area contributed by atoms with Crippen LogP contribution in [0.4, 0.5) is 16.3 Å². The lowest BCUT2D eigenvalue weighted by Gasteiger charge is -2.19. The first-order valence-corrected chi connectivity index (χ1v) is 6.16. The average Bonchev–Trinajstić information content (AvgIpc) is 2.74. The van der Waals surface area contributed by atoms with E-state index in [-0.39, 0.29) is 0 Å². The number of nitrogen functional groups attached to an aromatic ring is 1. The maximum absolute atomic E-state index is 11.6. The van der Waals surface area contributed by atoms with Crippen molar-refractivity contribution in [3.63, 3.8) is 0 Å². The van der Waals surface area contributed by atoms with Gasteiger partial charge in [0.15, 0.2) is 11.6 Å². The van der Waals surface area contributed by atoms with Crippen molar-refractivity contribution in [3.8, 4) is 11.3 Å². The highest BCUT2D eigenvalue weighted by molar-refractivity contribution is 5.85. The molecule has 0 saturated heterocycles. The molecule has 0 fully saturated rings. The molecule has 0 aliphatic carbocycles. The third-order valence-corrected chi connectivity index (χ3v) is 2.34. The van der Waals surface area contributed by atoms with Crippen molar-refractivity contribution in [2.24, 2.45) is 0 Å². The minimum Gasteiger partial charge on any atom is -0.444 e. The number of carbonyl (C=O) groups excluding carboxylic acids is 1. The van der Waals surface area contributed by atoms with Crippen LogP contribution in [0.5, 0.6) is 0 Å². The number of ether oxygens (including phenoxy) is 1. The predicted molar refractivity (Wildman–Crippen MR) is 76.2 cm³/mol. The topological polar surface area (TPSA) is 90.4 Å². The van der Waals surface area contributed by atoms with Crippen molar-refractivity contribution in [1.82, 2.24) is 5.16 Å². The molecular formula is C14H17N3O3. The number of nitrogens with one attached hydrogen (secondary N) is 1. The van der Waals surface area contributed by atoms with Crippen LogP contribution in [0, 0.1) is 0 Å². The summed E-state index contributed by atoms with van der Waals surface area (Å²) in [5.74, 6) is 0.905. The SMILES string of the molecule is CC(C)(C)OC(=O)Nc1ccc(-c2cc(N)no2)cc1. The molecule has 2 aromatic rings. The van der Waals surface area contributed by atoms with E-state index in [1.807, 2.05) is 20.8 Å².